The van der Waals surface area contributed by atoms with E-state index in [1.807, 2.05) is 54.6 Å². The van der Waals surface area contributed by atoms with Crippen LogP contribution in [0.3, 0.4) is 0 Å². The SMILES string of the molecule is Clc1ccccc1NCCOCCOc1ccccc1. The Bertz CT molecular complexity index is 505. The largest absolute Gasteiger partial charge is 0.491 e. The van der Waals surface area contributed by atoms with Crippen LogP contribution in [0.5, 0.6) is 5.75 Å². The van der Waals surface area contributed by atoms with Gasteiger partial charge in [-0.25, -0.2) is 0 Å². The van der Waals surface area contributed by atoms with E-state index >= 15 is 0 Å². The maximum absolute atomic E-state index is 6.03. The minimum absolute atomic E-state index is 0.552. The Balaban J connectivity index is 1.53. The fourth-order valence-electron chi connectivity index (χ4n) is 1.70. The zero-order valence-corrected chi connectivity index (χ0v) is 12.0. The van der Waals surface area contributed by atoms with Gasteiger partial charge in [-0.15, -0.1) is 0 Å². The third-order valence-corrected chi connectivity index (χ3v) is 3.00. The molecule has 0 heterocycles. The zero-order valence-electron chi connectivity index (χ0n) is 11.2. The minimum atomic E-state index is 0.552. The molecule has 106 valence electrons. The number of nitrogens with one attached hydrogen (secondary N) is 1. The molecule has 0 saturated carbocycles. The van der Waals surface area contributed by atoms with Gasteiger partial charge in [-0.05, 0) is 24.3 Å². The van der Waals surface area contributed by atoms with E-state index in [0.717, 1.165) is 23.0 Å². The van der Waals surface area contributed by atoms with Crippen LogP contribution in [0, 0.1) is 0 Å². The van der Waals surface area contributed by atoms with E-state index < -0.39 is 0 Å². The lowest BCUT2D eigenvalue weighted by atomic mass is 10.3. The second kappa shape index (κ2) is 8.46. The van der Waals surface area contributed by atoms with Gasteiger partial charge in [-0.2, -0.15) is 0 Å². The van der Waals surface area contributed by atoms with Gasteiger partial charge >= 0.3 is 0 Å². The first-order valence-electron chi connectivity index (χ1n) is 6.60. The van der Waals surface area contributed by atoms with Gasteiger partial charge < -0.3 is 14.8 Å². The first kappa shape index (κ1) is 14.7. The molecule has 0 aliphatic heterocycles. The first-order chi connectivity index (χ1) is 9.86. The molecule has 2 aromatic rings. The fraction of sp³-hybridized carbons (Fsp3) is 0.250. The monoisotopic (exact) mass is 291 g/mol. The number of para-hydroxylation sites is 2. The normalized spacial score (nSPS) is 10.2. The maximum Gasteiger partial charge on any atom is 0.119 e. The summed E-state index contributed by atoms with van der Waals surface area (Å²) < 4.78 is 11.0. The number of benzene rings is 2. The van der Waals surface area contributed by atoms with Gasteiger partial charge in [0.25, 0.3) is 0 Å². The van der Waals surface area contributed by atoms with Crippen molar-refractivity contribution in [2.45, 2.75) is 0 Å². The van der Waals surface area contributed by atoms with Gasteiger partial charge in [-0.1, -0.05) is 41.9 Å². The van der Waals surface area contributed by atoms with E-state index in [9.17, 15) is 0 Å². The Morgan fingerprint density at radius 2 is 1.60 bits per heavy atom. The molecule has 0 atom stereocenters. The summed E-state index contributed by atoms with van der Waals surface area (Å²) in [5, 5.41) is 3.95. The average molecular weight is 292 g/mol. The molecule has 0 saturated heterocycles. The Labute approximate surface area is 124 Å². The molecule has 0 bridgehead atoms. The van der Waals surface area contributed by atoms with Crippen molar-refractivity contribution in [2.24, 2.45) is 0 Å². The minimum Gasteiger partial charge on any atom is -0.491 e. The molecule has 0 spiro atoms. The van der Waals surface area contributed by atoms with Crippen LogP contribution in [0.1, 0.15) is 0 Å². The molecular weight excluding hydrogens is 274 g/mol. The third kappa shape index (κ3) is 5.11. The predicted molar refractivity (Wildman–Crippen MR) is 82.7 cm³/mol. The number of anilines is 1. The molecule has 0 aliphatic carbocycles. The van der Waals surface area contributed by atoms with E-state index in [2.05, 4.69) is 5.32 Å². The van der Waals surface area contributed by atoms with Crippen molar-refractivity contribution in [2.75, 3.05) is 31.7 Å². The Hall–Kier alpha value is -1.71. The van der Waals surface area contributed by atoms with Crippen LogP contribution in [0.15, 0.2) is 54.6 Å². The second-order valence-corrected chi connectivity index (χ2v) is 4.59. The third-order valence-electron chi connectivity index (χ3n) is 2.68. The number of hydrogen-bond acceptors (Lipinski definition) is 3. The number of ether oxygens (including phenoxy) is 2. The molecule has 3 nitrogen and oxygen atoms in total. The van der Waals surface area contributed by atoms with Crippen LogP contribution in [0.25, 0.3) is 0 Å². The highest BCUT2D eigenvalue weighted by Crippen LogP contribution is 2.19. The molecule has 20 heavy (non-hydrogen) atoms. The van der Waals surface area contributed by atoms with Crippen LogP contribution in [0.2, 0.25) is 5.02 Å². The second-order valence-electron chi connectivity index (χ2n) is 4.18. The molecule has 0 aromatic heterocycles. The maximum atomic E-state index is 6.03. The van der Waals surface area contributed by atoms with E-state index in [4.69, 9.17) is 21.1 Å². The van der Waals surface area contributed by atoms with Gasteiger partial charge in [0.15, 0.2) is 0 Å². The summed E-state index contributed by atoms with van der Waals surface area (Å²) in [5.74, 6) is 0.866. The van der Waals surface area contributed by atoms with Gasteiger partial charge in [0, 0.05) is 6.54 Å². The molecule has 0 radical (unpaired) electrons. The topological polar surface area (TPSA) is 30.5 Å². The van der Waals surface area contributed by atoms with Gasteiger partial charge in [0.2, 0.25) is 0 Å². The summed E-state index contributed by atoms with van der Waals surface area (Å²) >= 11 is 6.03. The van der Waals surface area contributed by atoms with Crippen molar-refractivity contribution in [1.82, 2.24) is 0 Å². The van der Waals surface area contributed by atoms with Crippen molar-refractivity contribution in [3.8, 4) is 5.75 Å². The van der Waals surface area contributed by atoms with E-state index in [-0.39, 0.29) is 0 Å². The lowest BCUT2D eigenvalue weighted by Gasteiger charge is -2.09. The van der Waals surface area contributed by atoms with Crippen molar-refractivity contribution in [3.05, 3.63) is 59.6 Å². The van der Waals surface area contributed by atoms with E-state index in [0.29, 0.717) is 19.8 Å². The molecule has 2 aromatic carbocycles. The summed E-state index contributed by atoms with van der Waals surface area (Å²) in [6.45, 7) is 2.45. The average Bonchev–Trinajstić information content (AvgIpc) is 2.49. The summed E-state index contributed by atoms with van der Waals surface area (Å²) in [7, 11) is 0. The van der Waals surface area contributed by atoms with Crippen LogP contribution in [-0.2, 0) is 4.74 Å². The molecule has 1 N–H and O–H groups in total. The van der Waals surface area contributed by atoms with Crippen molar-refractivity contribution >= 4 is 17.3 Å². The predicted octanol–water partition coefficient (Wildman–Crippen LogP) is 3.85. The molecule has 0 unspecified atom stereocenters. The summed E-state index contributed by atoms with van der Waals surface area (Å²) in [6, 6.07) is 17.4. The van der Waals surface area contributed by atoms with Crippen molar-refractivity contribution in [3.63, 3.8) is 0 Å². The highest BCUT2D eigenvalue weighted by Gasteiger charge is 1.97. The van der Waals surface area contributed by atoms with Gasteiger partial charge in [-0.3, -0.25) is 0 Å². The standard InChI is InChI=1S/C16H18ClNO2/c17-15-8-4-5-9-16(15)18-10-11-19-12-13-20-14-6-2-1-3-7-14/h1-9,18H,10-13H2. The highest BCUT2D eigenvalue weighted by atomic mass is 35.5. The quantitative estimate of drug-likeness (QED) is 0.750. The van der Waals surface area contributed by atoms with Crippen LogP contribution < -0.4 is 10.1 Å². The molecule has 0 fully saturated rings. The van der Waals surface area contributed by atoms with Crippen LogP contribution in [-0.4, -0.2) is 26.4 Å². The molecule has 2 rings (SSSR count). The summed E-state index contributed by atoms with van der Waals surface area (Å²) in [5.41, 5.74) is 0.929. The zero-order chi connectivity index (χ0) is 14.0. The Morgan fingerprint density at radius 1 is 0.850 bits per heavy atom. The van der Waals surface area contributed by atoms with Crippen LogP contribution in [0.4, 0.5) is 5.69 Å². The summed E-state index contributed by atoms with van der Waals surface area (Å²) in [4.78, 5) is 0. The van der Waals surface area contributed by atoms with Crippen molar-refractivity contribution in [1.29, 1.82) is 0 Å². The molecule has 0 aliphatic rings. The van der Waals surface area contributed by atoms with Crippen molar-refractivity contribution < 1.29 is 9.47 Å². The van der Waals surface area contributed by atoms with Gasteiger partial charge in [0.1, 0.15) is 12.4 Å². The smallest absolute Gasteiger partial charge is 0.119 e. The molecule has 4 heteroatoms. The van der Waals surface area contributed by atoms with Gasteiger partial charge in [0.05, 0.1) is 23.9 Å². The number of halogens is 1. The molecule has 0 amide bonds. The summed E-state index contributed by atoms with van der Waals surface area (Å²) in [6.07, 6.45) is 0. The number of hydrogen-bond donors (Lipinski definition) is 1. The Kier molecular flexibility index (Phi) is 6.21. The highest BCUT2D eigenvalue weighted by molar-refractivity contribution is 6.33. The lowest BCUT2D eigenvalue weighted by Crippen LogP contribution is -2.13. The first-order valence-corrected chi connectivity index (χ1v) is 6.98. The van der Waals surface area contributed by atoms with E-state index in [1.54, 1.807) is 0 Å². The lowest BCUT2D eigenvalue weighted by molar-refractivity contribution is 0.107. The van der Waals surface area contributed by atoms with E-state index in [1.165, 1.54) is 0 Å². The van der Waals surface area contributed by atoms with Crippen LogP contribution >= 0.6 is 11.6 Å². The fourth-order valence-corrected chi connectivity index (χ4v) is 1.90. The number of rotatable bonds is 8. The Morgan fingerprint density at radius 3 is 2.40 bits per heavy atom. The molecular formula is C16H18ClNO2.